The Morgan fingerprint density at radius 1 is 0.892 bits per heavy atom. The highest BCUT2D eigenvalue weighted by molar-refractivity contribution is 7.99. The van der Waals surface area contributed by atoms with Gasteiger partial charge in [0.25, 0.3) is 0 Å². The predicted molar refractivity (Wildman–Crippen MR) is 156 cm³/mol. The summed E-state index contributed by atoms with van der Waals surface area (Å²) in [6, 6.07) is 35.9. The number of fused-ring (bicyclic) bond motifs is 1. The zero-order chi connectivity index (χ0) is 25.6. The van der Waals surface area contributed by atoms with Crippen molar-refractivity contribution in [1.29, 1.82) is 0 Å². The van der Waals surface area contributed by atoms with E-state index in [-0.39, 0.29) is 6.61 Å². The summed E-state index contributed by atoms with van der Waals surface area (Å²) >= 11 is 3.57. The molecule has 5 heteroatoms. The maximum atomic E-state index is 10.8. The van der Waals surface area contributed by atoms with Crippen molar-refractivity contribution in [1.82, 2.24) is 0 Å². The largest absolute Gasteiger partial charge is 0.482 e. The van der Waals surface area contributed by atoms with Crippen molar-refractivity contribution >= 4 is 44.7 Å². The average Bonchev–Trinajstić information content (AvgIpc) is 3.35. The van der Waals surface area contributed by atoms with E-state index in [1.165, 1.54) is 37.2 Å². The summed E-state index contributed by atoms with van der Waals surface area (Å²) in [5.74, 6) is 0.430. The third kappa shape index (κ3) is 6.13. The number of carbonyl (C=O) groups is 1. The predicted octanol–water partition coefficient (Wildman–Crippen LogP) is 8.56. The van der Waals surface area contributed by atoms with Crippen LogP contribution in [0.4, 0.5) is 0 Å². The number of thiophene rings is 1. The summed E-state index contributed by atoms with van der Waals surface area (Å²) < 4.78 is 6.64. The highest BCUT2D eigenvalue weighted by atomic mass is 32.2. The Kier molecular flexibility index (Phi) is 7.73. The zero-order valence-corrected chi connectivity index (χ0v) is 22.0. The molecule has 0 bridgehead atoms. The Morgan fingerprint density at radius 3 is 2.35 bits per heavy atom. The number of ether oxygens (including phenoxy) is 1. The summed E-state index contributed by atoms with van der Waals surface area (Å²) in [7, 11) is 0. The number of hydrogen-bond donors (Lipinski definition) is 1. The maximum Gasteiger partial charge on any atom is 0.341 e. The summed E-state index contributed by atoms with van der Waals surface area (Å²) in [6.07, 6.45) is 2.30. The van der Waals surface area contributed by atoms with Gasteiger partial charge in [0.2, 0.25) is 0 Å². The molecular formula is C32H26O3S2. The Hall–Kier alpha value is -3.80. The highest BCUT2D eigenvalue weighted by Gasteiger charge is 2.11. The molecule has 0 aliphatic rings. The van der Waals surface area contributed by atoms with Gasteiger partial charge in [-0.2, -0.15) is 0 Å². The van der Waals surface area contributed by atoms with E-state index < -0.39 is 5.97 Å². The number of carboxylic acid groups (broad SMARTS) is 1. The molecule has 0 fully saturated rings. The molecule has 0 aliphatic heterocycles. The summed E-state index contributed by atoms with van der Waals surface area (Å²) in [5, 5.41) is 10.1. The van der Waals surface area contributed by atoms with Crippen LogP contribution in [-0.4, -0.2) is 23.4 Å². The lowest BCUT2D eigenvalue weighted by atomic mass is 9.99. The lowest BCUT2D eigenvalue weighted by Crippen LogP contribution is -2.09. The maximum absolute atomic E-state index is 10.8. The number of aryl methyl sites for hydroxylation is 1. The molecule has 5 aromatic rings. The SMILES string of the molecule is Cc1cc(SC/C=C(\c2ccc(-c3ccccc3)cc2)c2cc3ccccc3s2)ccc1OCC(=O)O. The molecule has 0 saturated heterocycles. The molecule has 0 atom stereocenters. The van der Waals surface area contributed by atoms with E-state index in [0.717, 1.165) is 16.2 Å². The monoisotopic (exact) mass is 522 g/mol. The van der Waals surface area contributed by atoms with Gasteiger partial charge in [0.05, 0.1) is 0 Å². The average molecular weight is 523 g/mol. The van der Waals surface area contributed by atoms with E-state index in [4.69, 9.17) is 9.84 Å². The van der Waals surface area contributed by atoms with Gasteiger partial charge >= 0.3 is 5.97 Å². The minimum absolute atomic E-state index is 0.336. The molecule has 0 spiro atoms. The molecule has 37 heavy (non-hydrogen) atoms. The van der Waals surface area contributed by atoms with Crippen LogP contribution in [0.5, 0.6) is 5.75 Å². The third-order valence-electron chi connectivity index (χ3n) is 6.03. The van der Waals surface area contributed by atoms with Gasteiger partial charge in [0.1, 0.15) is 5.75 Å². The van der Waals surface area contributed by atoms with Gasteiger partial charge in [-0.1, -0.05) is 78.9 Å². The van der Waals surface area contributed by atoms with Crippen LogP contribution in [-0.2, 0) is 4.79 Å². The number of benzene rings is 4. The molecule has 0 saturated carbocycles. The van der Waals surface area contributed by atoms with Gasteiger partial charge in [-0.3, -0.25) is 0 Å². The number of rotatable bonds is 9. The minimum atomic E-state index is -0.978. The number of thioether (sulfide) groups is 1. The first-order valence-corrected chi connectivity index (χ1v) is 13.8. The molecule has 0 unspecified atom stereocenters. The zero-order valence-electron chi connectivity index (χ0n) is 20.4. The van der Waals surface area contributed by atoms with E-state index >= 15 is 0 Å². The lowest BCUT2D eigenvalue weighted by Gasteiger charge is -2.10. The van der Waals surface area contributed by atoms with E-state index in [1.54, 1.807) is 11.8 Å². The fourth-order valence-corrected chi connectivity index (χ4v) is 6.17. The second kappa shape index (κ2) is 11.5. The van der Waals surface area contributed by atoms with Crippen LogP contribution in [0.25, 0.3) is 26.8 Å². The smallest absolute Gasteiger partial charge is 0.341 e. The van der Waals surface area contributed by atoms with Crippen molar-refractivity contribution in [2.24, 2.45) is 0 Å². The first kappa shape index (κ1) is 24.9. The third-order valence-corrected chi connectivity index (χ3v) is 8.10. The van der Waals surface area contributed by atoms with Crippen molar-refractivity contribution in [3.05, 3.63) is 125 Å². The second-order valence-corrected chi connectivity index (χ2v) is 10.8. The Balaban J connectivity index is 1.40. The second-order valence-electron chi connectivity index (χ2n) is 8.63. The fraction of sp³-hybridized carbons (Fsp3) is 0.0938. The molecule has 0 radical (unpaired) electrons. The van der Waals surface area contributed by atoms with Crippen molar-refractivity contribution in [3.63, 3.8) is 0 Å². The van der Waals surface area contributed by atoms with Gasteiger partial charge in [-0.15, -0.1) is 23.1 Å². The Labute approximate surface area is 225 Å². The molecule has 1 aromatic heterocycles. The summed E-state index contributed by atoms with van der Waals surface area (Å²) in [5.41, 5.74) is 5.77. The number of aliphatic carboxylic acids is 1. The van der Waals surface area contributed by atoms with Crippen LogP contribution in [0.1, 0.15) is 16.0 Å². The molecule has 1 N–H and O–H groups in total. The van der Waals surface area contributed by atoms with Crippen LogP contribution in [0.2, 0.25) is 0 Å². The van der Waals surface area contributed by atoms with E-state index in [2.05, 4.69) is 84.9 Å². The van der Waals surface area contributed by atoms with Crippen LogP contribution < -0.4 is 4.74 Å². The quantitative estimate of drug-likeness (QED) is 0.197. The topological polar surface area (TPSA) is 46.5 Å². The van der Waals surface area contributed by atoms with E-state index in [9.17, 15) is 4.79 Å². The minimum Gasteiger partial charge on any atom is -0.482 e. The van der Waals surface area contributed by atoms with Gasteiger partial charge in [-0.05, 0) is 70.5 Å². The van der Waals surface area contributed by atoms with Crippen LogP contribution >= 0.6 is 23.1 Å². The van der Waals surface area contributed by atoms with Crippen LogP contribution in [0, 0.1) is 6.92 Å². The van der Waals surface area contributed by atoms with Gasteiger partial charge in [-0.25, -0.2) is 4.79 Å². The lowest BCUT2D eigenvalue weighted by molar-refractivity contribution is -0.139. The highest BCUT2D eigenvalue weighted by Crippen LogP contribution is 2.36. The molecule has 0 aliphatic carbocycles. The normalized spacial score (nSPS) is 11.5. The molecule has 4 aromatic carbocycles. The van der Waals surface area contributed by atoms with Crippen LogP contribution in [0.15, 0.2) is 114 Å². The molecule has 184 valence electrons. The van der Waals surface area contributed by atoms with Crippen molar-refractivity contribution in [2.45, 2.75) is 11.8 Å². The fourth-order valence-electron chi connectivity index (χ4n) is 4.18. The van der Waals surface area contributed by atoms with Crippen molar-refractivity contribution in [2.75, 3.05) is 12.4 Å². The van der Waals surface area contributed by atoms with E-state index in [1.807, 2.05) is 42.5 Å². The first-order chi connectivity index (χ1) is 18.1. The molecule has 3 nitrogen and oxygen atoms in total. The molecule has 5 rings (SSSR count). The molecule has 0 amide bonds. The van der Waals surface area contributed by atoms with Gasteiger partial charge in [0, 0.05) is 20.2 Å². The number of carboxylic acids is 1. The van der Waals surface area contributed by atoms with E-state index in [0.29, 0.717) is 5.75 Å². The standard InChI is InChI=1S/C32H26O3S2/c1-22-19-27(15-16-29(22)35-21-32(33)34)36-18-17-28(31-20-26-9-5-6-10-30(26)37-31)25-13-11-24(12-14-25)23-7-3-2-4-8-23/h2-17,19-20H,18,21H2,1H3,(H,33,34)/b28-17+. The van der Waals surface area contributed by atoms with Crippen molar-refractivity contribution < 1.29 is 14.6 Å². The number of hydrogen-bond acceptors (Lipinski definition) is 4. The summed E-state index contributed by atoms with van der Waals surface area (Å²) in [4.78, 5) is 13.2. The molecule has 1 heterocycles. The van der Waals surface area contributed by atoms with Gasteiger partial charge < -0.3 is 9.84 Å². The molecular weight excluding hydrogens is 496 g/mol. The van der Waals surface area contributed by atoms with Gasteiger partial charge in [0.15, 0.2) is 6.61 Å². The van der Waals surface area contributed by atoms with Crippen LogP contribution in [0.3, 0.4) is 0 Å². The van der Waals surface area contributed by atoms with Crippen molar-refractivity contribution in [3.8, 4) is 16.9 Å². The first-order valence-electron chi connectivity index (χ1n) is 12.0. The summed E-state index contributed by atoms with van der Waals surface area (Å²) in [6.45, 7) is 1.60. The Morgan fingerprint density at radius 2 is 1.62 bits per heavy atom. The Bertz CT molecular complexity index is 1520.